The first-order valence-electron chi connectivity index (χ1n) is 5.64. The monoisotopic (exact) mass is 314 g/mol. The zero-order valence-corrected chi connectivity index (χ0v) is 12.1. The summed E-state index contributed by atoms with van der Waals surface area (Å²) in [5.74, 6) is -0.0244. The van der Waals surface area contributed by atoms with Crippen molar-refractivity contribution in [1.82, 2.24) is 15.1 Å². The minimum absolute atomic E-state index is 0.00656. The number of aromatic nitrogens is 4. The summed E-state index contributed by atoms with van der Waals surface area (Å²) in [5.41, 5.74) is 1.33. The lowest BCUT2D eigenvalue weighted by atomic mass is 10.3. The maximum Gasteiger partial charge on any atom is 0.197 e. The van der Waals surface area contributed by atoms with Crippen LogP contribution in [0.5, 0.6) is 0 Å². The van der Waals surface area contributed by atoms with Crippen LogP contribution in [0.1, 0.15) is 5.69 Å². The number of aryl methyl sites for hydroxylation is 2. The fourth-order valence-electron chi connectivity index (χ4n) is 1.45. The van der Waals surface area contributed by atoms with Gasteiger partial charge >= 0.3 is 0 Å². The quantitative estimate of drug-likeness (QED) is 0.595. The molecular formula is C11H11ClN4O3S. The van der Waals surface area contributed by atoms with Crippen LogP contribution in [0.2, 0.25) is 5.02 Å². The molecule has 0 N–H and O–H groups in total. The SMILES string of the molecule is Cc1nc(-c2cc[n+](CCS(=O)(=O)[O-])nc2)ncc1Cl. The molecule has 106 valence electrons. The van der Waals surface area contributed by atoms with Crippen LogP contribution in [0, 0.1) is 6.92 Å². The molecule has 9 heteroatoms. The molecule has 0 bridgehead atoms. The summed E-state index contributed by atoms with van der Waals surface area (Å²) in [6, 6.07) is 1.69. The fourth-order valence-corrected chi connectivity index (χ4v) is 1.95. The third-order valence-corrected chi connectivity index (χ3v) is 3.57. The molecule has 20 heavy (non-hydrogen) atoms. The topological polar surface area (TPSA) is 99.8 Å². The van der Waals surface area contributed by atoms with Crippen LogP contribution in [0.15, 0.2) is 24.7 Å². The van der Waals surface area contributed by atoms with Crippen LogP contribution in [0.4, 0.5) is 0 Å². The van der Waals surface area contributed by atoms with Crippen molar-refractivity contribution in [3.8, 4) is 11.4 Å². The van der Waals surface area contributed by atoms with Gasteiger partial charge in [0.1, 0.15) is 16.3 Å². The van der Waals surface area contributed by atoms with Crippen LogP contribution in [0.3, 0.4) is 0 Å². The van der Waals surface area contributed by atoms with Crippen molar-refractivity contribution in [2.24, 2.45) is 0 Å². The number of hydrogen-bond donors (Lipinski definition) is 0. The molecule has 0 radical (unpaired) electrons. The predicted octanol–water partition coefficient (Wildman–Crippen LogP) is 0.333. The minimum atomic E-state index is -4.25. The van der Waals surface area contributed by atoms with Crippen LogP contribution in [-0.2, 0) is 16.7 Å². The summed E-state index contributed by atoms with van der Waals surface area (Å²) in [7, 11) is -4.25. The Morgan fingerprint density at radius 3 is 2.70 bits per heavy atom. The second-order valence-corrected chi connectivity index (χ2v) is 6.00. The van der Waals surface area contributed by atoms with E-state index in [1.165, 1.54) is 17.1 Å². The largest absolute Gasteiger partial charge is 0.748 e. The van der Waals surface area contributed by atoms with E-state index in [-0.39, 0.29) is 6.54 Å². The molecule has 0 saturated heterocycles. The number of rotatable bonds is 4. The van der Waals surface area contributed by atoms with Gasteiger partial charge in [-0.05, 0) is 12.0 Å². The van der Waals surface area contributed by atoms with E-state index in [4.69, 9.17) is 11.6 Å². The van der Waals surface area contributed by atoms with E-state index in [0.717, 1.165) is 0 Å². The molecule has 2 aromatic rings. The van der Waals surface area contributed by atoms with Gasteiger partial charge in [0.05, 0.1) is 16.5 Å². The van der Waals surface area contributed by atoms with Gasteiger partial charge in [-0.1, -0.05) is 16.3 Å². The molecule has 0 aliphatic heterocycles. The second kappa shape index (κ2) is 5.78. The van der Waals surface area contributed by atoms with Crippen LogP contribution in [0.25, 0.3) is 11.4 Å². The Labute approximate surface area is 121 Å². The lowest BCUT2D eigenvalue weighted by Crippen LogP contribution is -2.40. The van der Waals surface area contributed by atoms with Gasteiger partial charge in [0, 0.05) is 17.8 Å². The van der Waals surface area contributed by atoms with E-state index >= 15 is 0 Å². The van der Waals surface area contributed by atoms with Crippen molar-refractivity contribution < 1.29 is 17.7 Å². The molecule has 2 heterocycles. The summed E-state index contributed by atoms with van der Waals surface area (Å²) in [6.45, 7) is 1.77. The zero-order valence-electron chi connectivity index (χ0n) is 10.5. The van der Waals surface area contributed by atoms with Crippen molar-refractivity contribution in [3.05, 3.63) is 35.4 Å². The van der Waals surface area contributed by atoms with Crippen molar-refractivity contribution in [3.63, 3.8) is 0 Å². The van der Waals surface area contributed by atoms with E-state index in [2.05, 4.69) is 15.1 Å². The van der Waals surface area contributed by atoms with Crippen molar-refractivity contribution >= 4 is 21.7 Å². The molecule has 2 aromatic heterocycles. The molecule has 0 saturated carbocycles. The van der Waals surface area contributed by atoms with E-state index < -0.39 is 15.9 Å². The Morgan fingerprint density at radius 2 is 2.15 bits per heavy atom. The smallest absolute Gasteiger partial charge is 0.197 e. The highest BCUT2D eigenvalue weighted by Gasteiger charge is 2.09. The minimum Gasteiger partial charge on any atom is -0.748 e. The summed E-state index contributed by atoms with van der Waals surface area (Å²) >= 11 is 5.85. The van der Waals surface area contributed by atoms with Gasteiger partial charge in [0.15, 0.2) is 18.6 Å². The van der Waals surface area contributed by atoms with E-state index in [0.29, 0.717) is 22.1 Å². The van der Waals surface area contributed by atoms with E-state index in [1.807, 2.05) is 0 Å². The highest BCUT2D eigenvalue weighted by atomic mass is 35.5. The molecule has 0 aromatic carbocycles. The van der Waals surface area contributed by atoms with Crippen molar-refractivity contribution in [2.75, 3.05) is 5.75 Å². The average Bonchev–Trinajstić information content (AvgIpc) is 2.39. The fraction of sp³-hybridized carbons (Fsp3) is 0.273. The second-order valence-electron chi connectivity index (χ2n) is 4.07. The van der Waals surface area contributed by atoms with Crippen LogP contribution >= 0.6 is 11.6 Å². The third kappa shape index (κ3) is 3.92. The molecule has 0 aliphatic rings. The molecule has 0 atom stereocenters. The number of nitrogens with zero attached hydrogens (tertiary/aromatic N) is 4. The molecule has 7 nitrogen and oxygen atoms in total. The molecule has 2 rings (SSSR count). The highest BCUT2D eigenvalue weighted by molar-refractivity contribution is 7.85. The zero-order chi connectivity index (χ0) is 14.8. The summed E-state index contributed by atoms with van der Waals surface area (Å²) < 4.78 is 33.0. The summed E-state index contributed by atoms with van der Waals surface area (Å²) in [5, 5.41) is 4.49. The maximum atomic E-state index is 10.5. The molecule has 0 aliphatic carbocycles. The lowest BCUT2D eigenvalue weighted by Gasteiger charge is -2.03. The van der Waals surface area contributed by atoms with Gasteiger partial charge in [0.2, 0.25) is 0 Å². The standard InChI is InChI=1S/C11H11ClN4O3S/c1-8-10(12)7-13-11(15-8)9-2-3-16(14-6-9)4-5-20(17,18)19/h2-3,6-7H,4-5H2,1H3. The summed E-state index contributed by atoms with van der Waals surface area (Å²) in [4.78, 5) is 8.31. The van der Waals surface area contributed by atoms with Gasteiger partial charge in [0.25, 0.3) is 0 Å². The third-order valence-electron chi connectivity index (χ3n) is 2.52. The van der Waals surface area contributed by atoms with Gasteiger partial charge in [-0.15, -0.1) is 0 Å². The normalized spacial score (nSPS) is 11.6. The number of halogens is 1. The Kier molecular flexibility index (Phi) is 4.26. The van der Waals surface area contributed by atoms with Gasteiger partial charge in [-0.25, -0.2) is 18.4 Å². The summed E-state index contributed by atoms with van der Waals surface area (Å²) in [6.07, 6.45) is 4.57. The van der Waals surface area contributed by atoms with Crippen LogP contribution < -0.4 is 4.68 Å². The Morgan fingerprint density at radius 1 is 1.40 bits per heavy atom. The lowest BCUT2D eigenvalue weighted by molar-refractivity contribution is -0.750. The van der Waals surface area contributed by atoms with Crippen molar-refractivity contribution in [1.29, 1.82) is 0 Å². The first-order chi connectivity index (χ1) is 9.35. The highest BCUT2D eigenvalue weighted by Crippen LogP contribution is 2.16. The average molecular weight is 315 g/mol. The van der Waals surface area contributed by atoms with Crippen molar-refractivity contribution in [2.45, 2.75) is 13.5 Å². The molecular weight excluding hydrogens is 304 g/mol. The first-order valence-corrected chi connectivity index (χ1v) is 7.59. The first kappa shape index (κ1) is 14.8. The van der Waals surface area contributed by atoms with E-state index in [1.54, 1.807) is 19.2 Å². The Hall–Kier alpha value is -1.64. The van der Waals surface area contributed by atoms with Gasteiger partial charge in [-0.3, -0.25) is 0 Å². The molecule has 0 fully saturated rings. The number of hydrogen-bond acceptors (Lipinski definition) is 6. The van der Waals surface area contributed by atoms with Gasteiger partial charge < -0.3 is 4.55 Å². The predicted molar refractivity (Wildman–Crippen MR) is 69.8 cm³/mol. The Balaban J connectivity index is 2.17. The Bertz CT molecular complexity index is 719. The molecule has 0 amide bonds. The van der Waals surface area contributed by atoms with Gasteiger partial charge in [-0.2, -0.15) is 0 Å². The van der Waals surface area contributed by atoms with Crippen LogP contribution in [-0.4, -0.2) is 33.8 Å². The van der Waals surface area contributed by atoms with E-state index in [9.17, 15) is 13.0 Å². The molecule has 0 spiro atoms. The molecule has 0 unspecified atom stereocenters. The maximum absolute atomic E-state index is 10.5.